The maximum Gasteiger partial charge on any atom is 0.311 e. The molecule has 0 aliphatic heterocycles. The lowest BCUT2D eigenvalue weighted by Gasteiger charge is -2.23. The topological polar surface area (TPSA) is 72.9 Å². The van der Waals surface area contributed by atoms with Crippen molar-refractivity contribution >= 4 is 16.0 Å². The Morgan fingerprint density at radius 2 is 1.75 bits per heavy atom. The summed E-state index contributed by atoms with van der Waals surface area (Å²) < 4.78 is 47.7. The van der Waals surface area contributed by atoms with Crippen LogP contribution in [0, 0.1) is 5.82 Å². The molecule has 2 rings (SSSR count). The third kappa shape index (κ3) is 5.77. The van der Waals surface area contributed by atoms with Crippen LogP contribution in [0.2, 0.25) is 0 Å². The highest BCUT2D eigenvalue weighted by Crippen LogP contribution is 2.19. The van der Waals surface area contributed by atoms with E-state index in [9.17, 15) is 17.6 Å². The normalized spacial score (nSPS) is 11.5. The molecule has 152 valence electrons. The van der Waals surface area contributed by atoms with E-state index in [1.165, 1.54) is 56.2 Å². The molecule has 6 nitrogen and oxygen atoms in total. The van der Waals surface area contributed by atoms with E-state index in [-0.39, 0.29) is 24.4 Å². The summed E-state index contributed by atoms with van der Waals surface area (Å²) in [7, 11) is -2.16. The number of rotatable bonds is 9. The van der Waals surface area contributed by atoms with Crippen LogP contribution in [0.5, 0.6) is 5.75 Å². The van der Waals surface area contributed by atoms with E-state index in [0.717, 1.165) is 5.56 Å². The van der Waals surface area contributed by atoms with E-state index in [2.05, 4.69) is 0 Å². The number of benzene rings is 2. The molecule has 0 atom stereocenters. The van der Waals surface area contributed by atoms with E-state index in [4.69, 9.17) is 8.92 Å². The van der Waals surface area contributed by atoms with Crippen molar-refractivity contribution in [2.24, 2.45) is 0 Å². The fourth-order valence-corrected chi connectivity index (χ4v) is 2.93. The molecule has 0 unspecified atom stereocenters. The van der Waals surface area contributed by atoms with Gasteiger partial charge in [-0.2, -0.15) is 8.42 Å². The Morgan fingerprint density at radius 1 is 1.11 bits per heavy atom. The quantitative estimate of drug-likeness (QED) is 0.595. The first-order valence-corrected chi connectivity index (χ1v) is 10.3. The zero-order chi connectivity index (χ0) is 20.7. The number of carbonyl (C=O) groups is 1. The summed E-state index contributed by atoms with van der Waals surface area (Å²) in [4.78, 5) is 14.2. The zero-order valence-corrected chi connectivity index (χ0v) is 16.9. The molecule has 1 amide bonds. The smallest absolute Gasteiger partial charge is 0.311 e. The molecule has 8 heteroatoms. The Labute approximate surface area is 165 Å². The van der Waals surface area contributed by atoms with E-state index < -0.39 is 27.1 Å². The van der Waals surface area contributed by atoms with Gasteiger partial charge in [0, 0.05) is 20.2 Å². The summed E-state index contributed by atoms with van der Waals surface area (Å²) in [5.74, 6) is -0.836. The molecule has 0 saturated carbocycles. The average molecular weight is 409 g/mol. The minimum atomic E-state index is -3.68. The van der Waals surface area contributed by atoms with Gasteiger partial charge in [-0.3, -0.25) is 4.79 Å². The summed E-state index contributed by atoms with van der Waals surface area (Å²) in [6, 6.07) is 12.2. The number of methoxy groups -OCH3 is 1. The molecule has 0 aromatic heterocycles. The van der Waals surface area contributed by atoms with Gasteiger partial charge < -0.3 is 13.8 Å². The molecule has 0 saturated heterocycles. The highest BCUT2D eigenvalue weighted by atomic mass is 32.2. The Bertz CT molecular complexity index is 897. The molecule has 0 radical (unpaired) electrons. The zero-order valence-electron chi connectivity index (χ0n) is 16.1. The molecule has 2 aromatic rings. The summed E-state index contributed by atoms with van der Waals surface area (Å²) in [5, 5.41) is -0.657. The van der Waals surface area contributed by atoms with Crippen LogP contribution < -0.4 is 4.18 Å². The second-order valence-electron chi connectivity index (χ2n) is 6.47. The van der Waals surface area contributed by atoms with Crippen LogP contribution >= 0.6 is 0 Å². The number of carbonyl (C=O) groups excluding carboxylic acids is 1. The molecular formula is C20H24FNO5S. The maximum atomic E-state index is 14.0. The van der Waals surface area contributed by atoms with Crippen LogP contribution in [-0.2, 0) is 21.4 Å². The first-order valence-electron chi connectivity index (χ1n) is 8.79. The first-order chi connectivity index (χ1) is 13.2. The number of nitrogens with zero attached hydrogens (tertiary/aromatic N) is 1. The van der Waals surface area contributed by atoms with Crippen molar-refractivity contribution in [1.82, 2.24) is 4.90 Å². The van der Waals surface area contributed by atoms with Crippen molar-refractivity contribution in [2.75, 3.05) is 20.3 Å². The van der Waals surface area contributed by atoms with Gasteiger partial charge in [-0.25, -0.2) is 4.39 Å². The van der Waals surface area contributed by atoms with Crippen LogP contribution in [0.1, 0.15) is 29.8 Å². The predicted octanol–water partition coefficient (Wildman–Crippen LogP) is 3.23. The third-order valence-electron chi connectivity index (χ3n) is 4.04. The Morgan fingerprint density at radius 3 is 2.32 bits per heavy atom. The van der Waals surface area contributed by atoms with Crippen molar-refractivity contribution in [2.45, 2.75) is 25.6 Å². The summed E-state index contributed by atoms with van der Waals surface area (Å²) in [6.45, 7) is 3.86. The highest BCUT2D eigenvalue weighted by molar-refractivity contribution is 7.87. The number of amides is 1. The highest BCUT2D eigenvalue weighted by Gasteiger charge is 2.20. The van der Waals surface area contributed by atoms with Crippen LogP contribution in [0.3, 0.4) is 0 Å². The third-order valence-corrected chi connectivity index (χ3v) is 5.62. The standard InChI is InChI=1S/C20H24FNO5S/c1-15(2)28(24,25)27-17-10-8-16(9-11-17)14-22(12-13-26-3)20(23)18-6-4-5-7-19(18)21/h4-11,15H,12-14H2,1-3H3. The molecular weight excluding hydrogens is 385 g/mol. The molecule has 0 aliphatic rings. The number of hydrogen-bond donors (Lipinski definition) is 0. The number of halogens is 1. The van der Waals surface area contributed by atoms with E-state index >= 15 is 0 Å². The van der Waals surface area contributed by atoms with Gasteiger partial charge in [0.15, 0.2) is 0 Å². The lowest BCUT2D eigenvalue weighted by Crippen LogP contribution is -2.34. The van der Waals surface area contributed by atoms with E-state index in [0.29, 0.717) is 6.61 Å². The van der Waals surface area contributed by atoms with Crippen LogP contribution in [0.25, 0.3) is 0 Å². The maximum absolute atomic E-state index is 14.0. The van der Waals surface area contributed by atoms with Crippen LogP contribution in [0.15, 0.2) is 48.5 Å². The minimum absolute atomic E-state index is 0.0124. The molecule has 0 bridgehead atoms. The minimum Gasteiger partial charge on any atom is -0.383 e. The fourth-order valence-electron chi connectivity index (χ4n) is 2.36. The van der Waals surface area contributed by atoms with Gasteiger partial charge >= 0.3 is 10.1 Å². The predicted molar refractivity (Wildman–Crippen MR) is 104 cm³/mol. The van der Waals surface area contributed by atoms with Gasteiger partial charge in [-0.15, -0.1) is 0 Å². The Kier molecular flexibility index (Phi) is 7.53. The van der Waals surface area contributed by atoms with Crippen LogP contribution in [-0.4, -0.2) is 44.7 Å². The molecule has 0 aliphatic carbocycles. The molecule has 28 heavy (non-hydrogen) atoms. The van der Waals surface area contributed by atoms with Gasteiger partial charge in [0.05, 0.1) is 17.4 Å². The molecule has 2 aromatic carbocycles. The van der Waals surface area contributed by atoms with Crippen molar-refractivity contribution in [3.63, 3.8) is 0 Å². The van der Waals surface area contributed by atoms with Crippen molar-refractivity contribution in [1.29, 1.82) is 0 Å². The molecule has 0 spiro atoms. The lowest BCUT2D eigenvalue weighted by atomic mass is 10.1. The van der Waals surface area contributed by atoms with Gasteiger partial charge in [0.2, 0.25) is 0 Å². The summed E-state index contributed by atoms with van der Waals surface area (Å²) >= 11 is 0. The van der Waals surface area contributed by atoms with Gasteiger partial charge in [0.25, 0.3) is 5.91 Å². The first kappa shape index (κ1) is 21.8. The van der Waals surface area contributed by atoms with Gasteiger partial charge in [-0.05, 0) is 43.7 Å². The van der Waals surface area contributed by atoms with E-state index in [1.807, 2.05) is 0 Å². The van der Waals surface area contributed by atoms with Crippen molar-refractivity contribution in [3.8, 4) is 5.75 Å². The number of hydrogen-bond acceptors (Lipinski definition) is 5. The molecule has 0 heterocycles. The molecule has 0 fully saturated rings. The second kappa shape index (κ2) is 9.66. The van der Waals surface area contributed by atoms with Crippen molar-refractivity contribution < 1.29 is 26.5 Å². The van der Waals surface area contributed by atoms with Crippen LogP contribution in [0.4, 0.5) is 4.39 Å². The lowest BCUT2D eigenvalue weighted by molar-refractivity contribution is 0.0676. The molecule has 0 N–H and O–H groups in total. The Balaban J connectivity index is 2.16. The summed E-state index contributed by atoms with van der Waals surface area (Å²) in [6.07, 6.45) is 0. The fraction of sp³-hybridized carbons (Fsp3) is 0.350. The monoisotopic (exact) mass is 409 g/mol. The average Bonchev–Trinajstić information content (AvgIpc) is 2.66. The SMILES string of the molecule is COCCN(Cc1ccc(OS(=O)(=O)C(C)C)cc1)C(=O)c1ccccc1F. The van der Waals surface area contributed by atoms with E-state index in [1.54, 1.807) is 18.2 Å². The second-order valence-corrected chi connectivity index (χ2v) is 8.56. The largest absolute Gasteiger partial charge is 0.383 e. The number of ether oxygens (including phenoxy) is 1. The van der Waals surface area contributed by atoms with Crippen molar-refractivity contribution in [3.05, 3.63) is 65.5 Å². The van der Waals surface area contributed by atoms with Gasteiger partial charge in [-0.1, -0.05) is 24.3 Å². The Hall–Kier alpha value is -2.45. The summed E-state index contributed by atoms with van der Waals surface area (Å²) in [5.41, 5.74) is 0.733. The van der Waals surface area contributed by atoms with Gasteiger partial charge in [0.1, 0.15) is 11.6 Å².